The van der Waals surface area contributed by atoms with E-state index < -0.39 is 0 Å². The zero-order valence-corrected chi connectivity index (χ0v) is 25.1. The van der Waals surface area contributed by atoms with Crippen molar-refractivity contribution >= 4 is 61.4 Å². The van der Waals surface area contributed by atoms with Crippen molar-refractivity contribution in [2.45, 2.75) is 6.92 Å². The Morgan fingerprint density at radius 2 is 1.93 bits per heavy atom. The van der Waals surface area contributed by atoms with E-state index in [1.54, 1.807) is 18.4 Å². The number of rotatable bonds is 10. The average molecular weight is 570 g/mol. The number of hydrogen-bond acceptors (Lipinski definition) is 8. The lowest BCUT2D eigenvalue weighted by Crippen LogP contribution is -2.29. The summed E-state index contributed by atoms with van der Waals surface area (Å²) in [7, 11) is 9.72. The summed E-state index contributed by atoms with van der Waals surface area (Å²) in [6.07, 6.45) is 3.38. The first-order valence-electron chi connectivity index (χ1n) is 13.3. The number of aryl methyl sites for hydroxylation is 2. The molecule has 0 saturated heterocycles. The third-order valence-corrected chi connectivity index (χ3v) is 7.92. The van der Waals surface area contributed by atoms with Gasteiger partial charge in [0.15, 0.2) is 0 Å². The largest absolute Gasteiger partial charge is 0.494 e. The summed E-state index contributed by atoms with van der Waals surface area (Å²) < 4.78 is 8.95. The van der Waals surface area contributed by atoms with Crippen LogP contribution in [0.15, 0.2) is 60.6 Å². The molecule has 0 bridgehead atoms. The van der Waals surface area contributed by atoms with Crippen LogP contribution in [0, 0.1) is 6.92 Å². The number of benzene rings is 2. The standard InChI is InChI=1S/C31H35N7O2S/c1-8-28(39)32-23-16-24(27(40-7)17-26(23)37(5)13-12-36(3)4)34-31-33-22-11-14-41-30(22)29(35-31)21-18-38(6)25-15-19(2)9-10-20(21)25/h8-11,14-18H,1,12-13H2,2-7H3,(H,32,39)(H,33,34,35). The van der Waals surface area contributed by atoms with Crippen molar-refractivity contribution in [2.75, 3.05) is 56.9 Å². The average Bonchev–Trinajstić information content (AvgIpc) is 3.55. The van der Waals surface area contributed by atoms with Gasteiger partial charge in [-0.05, 0) is 56.2 Å². The molecule has 0 aliphatic rings. The topological polar surface area (TPSA) is 87.5 Å². The summed E-state index contributed by atoms with van der Waals surface area (Å²) in [5.41, 5.74) is 7.20. The van der Waals surface area contributed by atoms with Crippen LogP contribution in [0.4, 0.5) is 23.0 Å². The highest BCUT2D eigenvalue weighted by molar-refractivity contribution is 7.17. The molecular weight excluding hydrogens is 534 g/mol. The quantitative estimate of drug-likeness (QED) is 0.199. The number of fused-ring (bicyclic) bond motifs is 2. The SMILES string of the molecule is C=CC(=O)Nc1cc(Nc2nc(-c3cn(C)c4cc(C)ccc34)c3sccc3n2)c(OC)cc1N(C)CCN(C)C. The van der Waals surface area contributed by atoms with Crippen LogP contribution in [0.3, 0.4) is 0 Å². The van der Waals surface area contributed by atoms with Crippen LogP contribution in [0.25, 0.3) is 32.4 Å². The molecule has 0 aliphatic heterocycles. The van der Waals surface area contributed by atoms with E-state index in [0.29, 0.717) is 23.1 Å². The molecule has 0 atom stereocenters. The van der Waals surface area contributed by atoms with Gasteiger partial charge in [0.25, 0.3) is 0 Å². The first kappa shape index (κ1) is 28.1. The van der Waals surface area contributed by atoms with Crippen molar-refractivity contribution in [3.8, 4) is 17.0 Å². The summed E-state index contributed by atoms with van der Waals surface area (Å²) >= 11 is 1.62. The van der Waals surface area contributed by atoms with Gasteiger partial charge in [0.2, 0.25) is 11.9 Å². The number of hydrogen-bond donors (Lipinski definition) is 2. The molecule has 10 heteroatoms. The Hall–Kier alpha value is -4.41. The Morgan fingerprint density at radius 3 is 2.66 bits per heavy atom. The van der Waals surface area contributed by atoms with E-state index in [1.165, 1.54) is 11.6 Å². The second kappa shape index (κ2) is 11.6. The molecular formula is C31H35N7O2S. The molecule has 2 N–H and O–H groups in total. The van der Waals surface area contributed by atoms with Gasteiger partial charge in [0, 0.05) is 55.9 Å². The molecule has 3 aromatic heterocycles. The fourth-order valence-electron chi connectivity index (χ4n) is 4.81. The Bertz CT molecular complexity index is 1750. The first-order chi connectivity index (χ1) is 19.7. The van der Waals surface area contributed by atoms with Crippen LogP contribution in [-0.4, -0.2) is 66.7 Å². The van der Waals surface area contributed by atoms with Crippen LogP contribution in [0.1, 0.15) is 5.56 Å². The van der Waals surface area contributed by atoms with Gasteiger partial charge in [-0.2, -0.15) is 0 Å². The molecule has 5 rings (SSSR count). The van der Waals surface area contributed by atoms with E-state index in [1.807, 2.05) is 44.7 Å². The minimum atomic E-state index is -0.298. The predicted octanol–water partition coefficient (Wildman–Crippen LogP) is 6.03. The molecule has 212 valence electrons. The van der Waals surface area contributed by atoms with Crippen LogP contribution in [-0.2, 0) is 11.8 Å². The van der Waals surface area contributed by atoms with E-state index in [4.69, 9.17) is 14.7 Å². The second-order valence-corrected chi connectivity index (χ2v) is 11.2. The lowest BCUT2D eigenvalue weighted by molar-refractivity contribution is -0.111. The minimum Gasteiger partial charge on any atom is -0.494 e. The number of carbonyl (C=O) groups excluding carboxylic acids is 1. The van der Waals surface area contributed by atoms with Gasteiger partial charge in [-0.1, -0.05) is 18.7 Å². The van der Waals surface area contributed by atoms with Gasteiger partial charge in [0.05, 0.1) is 40.1 Å². The van der Waals surface area contributed by atoms with Crippen molar-refractivity contribution in [1.29, 1.82) is 0 Å². The van der Waals surface area contributed by atoms with Gasteiger partial charge in [-0.25, -0.2) is 9.97 Å². The zero-order chi connectivity index (χ0) is 29.3. The molecule has 0 spiro atoms. The number of amides is 1. The van der Waals surface area contributed by atoms with Crippen molar-refractivity contribution in [1.82, 2.24) is 19.4 Å². The number of nitrogens with one attached hydrogen (secondary N) is 2. The molecule has 0 fully saturated rings. The highest BCUT2D eigenvalue weighted by Gasteiger charge is 2.19. The zero-order valence-electron chi connectivity index (χ0n) is 24.3. The van der Waals surface area contributed by atoms with Gasteiger partial charge in [-0.15, -0.1) is 11.3 Å². The van der Waals surface area contributed by atoms with Gasteiger partial charge >= 0.3 is 0 Å². The number of methoxy groups -OCH3 is 1. The molecule has 0 unspecified atom stereocenters. The molecule has 9 nitrogen and oxygen atoms in total. The van der Waals surface area contributed by atoms with E-state index in [2.05, 4.69) is 69.9 Å². The van der Waals surface area contributed by atoms with Gasteiger partial charge in [-0.3, -0.25) is 4.79 Å². The highest BCUT2D eigenvalue weighted by atomic mass is 32.1. The first-order valence-corrected chi connectivity index (χ1v) is 14.2. The normalized spacial score (nSPS) is 11.3. The molecule has 0 aliphatic carbocycles. The predicted molar refractivity (Wildman–Crippen MR) is 171 cm³/mol. The number of aromatic nitrogens is 3. The molecule has 0 radical (unpaired) electrons. The third kappa shape index (κ3) is 5.75. The maximum absolute atomic E-state index is 12.4. The van der Waals surface area contributed by atoms with Crippen molar-refractivity contribution < 1.29 is 9.53 Å². The highest BCUT2D eigenvalue weighted by Crippen LogP contribution is 2.40. The molecule has 3 heterocycles. The van der Waals surface area contributed by atoms with E-state index in [9.17, 15) is 4.79 Å². The monoisotopic (exact) mass is 569 g/mol. The number of anilines is 4. The number of likely N-dealkylation sites (N-methyl/N-ethyl adjacent to an activating group) is 2. The van der Waals surface area contributed by atoms with Gasteiger partial charge in [0.1, 0.15) is 5.75 Å². The third-order valence-electron chi connectivity index (χ3n) is 7.01. The summed E-state index contributed by atoms with van der Waals surface area (Å²) in [4.78, 5) is 26.4. The van der Waals surface area contributed by atoms with E-state index >= 15 is 0 Å². The van der Waals surface area contributed by atoms with Crippen molar-refractivity contribution in [2.24, 2.45) is 7.05 Å². The van der Waals surface area contributed by atoms with Crippen molar-refractivity contribution in [3.05, 3.63) is 66.2 Å². The fraction of sp³-hybridized carbons (Fsp3) is 0.258. The number of ether oxygens (including phenoxy) is 1. The van der Waals surface area contributed by atoms with Crippen LogP contribution in [0.2, 0.25) is 0 Å². The maximum atomic E-state index is 12.4. The maximum Gasteiger partial charge on any atom is 0.247 e. The van der Waals surface area contributed by atoms with E-state index in [0.717, 1.165) is 51.2 Å². The number of carbonyl (C=O) groups is 1. The molecule has 1 amide bonds. The summed E-state index contributed by atoms with van der Waals surface area (Å²) in [6, 6.07) is 12.2. The van der Waals surface area contributed by atoms with Crippen molar-refractivity contribution in [3.63, 3.8) is 0 Å². The Morgan fingerprint density at radius 1 is 1.12 bits per heavy atom. The summed E-state index contributed by atoms with van der Waals surface area (Å²) in [5.74, 6) is 0.736. The Labute approximate surface area is 244 Å². The van der Waals surface area contributed by atoms with E-state index in [-0.39, 0.29) is 5.91 Å². The number of thiophene rings is 1. The van der Waals surface area contributed by atoms with Crippen LogP contribution < -0.4 is 20.3 Å². The lowest BCUT2D eigenvalue weighted by Gasteiger charge is -2.26. The molecule has 41 heavy (non-hydrogen) atoms. The number of nitrogens with zero attached hydrogens (tertiary/aromatic N) is 5. The Kier molecular flexibility index (Phi) is 7.96. The fourth-order valence-corrected chi connectivity index (χ4v) is 5.65. The molecule has 5 aromatic rings. The smallest absolute Gasteiger partial charge is 0.247 e. The Balaban J connectivity index is 1.60. The summed E-state index contributed by atoms with van der Waals surface area (Å²) in [5, 5.41) is 9.49. The van der Waals surface area contributed by atoms with Gasteiger partial charge < -0.3 is 29.7 Å². The summed E-state index contributed by atoms with van der Waals surface area (Å²) in [6.45, 7) is 7.31. The second-order valence-electron chi connectivity index (χ2n) is 10.3. The lowest BCUT2D eigenvalue weighted by atomic mass is 10.1. The molecule has 2 aromatic carbocycles. The van der Waals surface area contributed by atoms with Crippen LogP contribution >= 0.6 is 11.3 Å². The molecule has 0 saturated carbocycles. The minimum absolute atomic E-state index is 0.298. The van der Waals surface area contributed by atoms with Crippen LogP contribution in [0.5, 0.6) is 5.75 Å².